The van der Waals surface area contributed by atoms with Gasteiger partial charge in [-0.15, -0.1) is 29.5 Å². The summed E-state index contributed by atoms with van der Waals surface area (Å²) in [6.45, 7) is 3.50. The summed E-state index contributed by atoms with van der Waals surface area (Å²) in [6.07, 6.45) is 0.917. The first-order chi connectivity index (χ1) is 5.25. The summed E-state index contributed by atoms with van der Waals surface area (Å²) in [6, 6.07) is 3.74. The topological polar surface area (TPSA) is 20.2 Å². The molecule has 0 spiro atoms. The molecule has 0 aliphatic carbocycles. The zero-order chi connectivity index (χ0) is 8.27. The Bertz CT molecular complexity index is 220. The summed E-state index contributed by atoms with van der Waals surface area (Å²) < 4.78 is 0. The van der Waals surface area contributed by atoms with E-state index in [2.05, 4.69) is 6.58 Å². The van der Waals surface area contributed by atoms with Crippen LogP contribution in [0.25, 0.3) is 0 Å². The lowest BCUT2D eigenvalue weighted by Crippen LogP contribution is -2.07. The van der Waals surface area contributed by atoms with Crippen LogP contribution in [0, 0.1) is 0 Å². The molecule has 0 aliphatic rings. The zero-order valence-corrected chi connectivity index (χ0v) is 7.48. The van der Waals surface area contributed by atoms with E-state index in [-0.39, 0.29) is 0 Å². The third kappa shape index (κ3) is 2.06. The molecule has 1 heterocycles. The van der Waals surface area contributed by atoms with Gasteiger partial charge in [0, 0.05) is 4.88 Å². The van der Waals surface area contributed by atoms with E-state index in [9.17, 15) is 5.11 Å². The highest BCUT2D eigenvalue weighted by Crippen LogP contribution is 2.25. The summed E-state index contributed by atoms with van der Waals surface area (Å²) in [5, 5.41) is 11.0. The molecule has 60 valence electrons. The van der Waals surface area contributed by atoms with Crippen molar-refractivity contribution in [1.82, 2.24) is 0 Å². The highest BCUT2D eigenvalue weighted by molar-refractivity contribution is 7.10. The molecule has 1 nitrogen and oxygen atoms in total. The lowest BCUT2D eigenvalue weighted by molar-refractivity contribution is 0.188. The number of hydrogen-bond donors (Lipinski definition) is 1. The smallest absolute Gasteiger partial charge is 0.108 e. The van der Waals surface area contributed by atoms with Gasteiger partial charge in [-0.1, -0.05) is 12.1 Å². The second kappa shape index (κ2) is 3.90. The fourth-order valence-electron chi connectivity index (χ4n) is 0.745. The van der Waals surface area contributed by atoms with E-state index in [4.69, 9.17) is 11.6 Å². The summed E-state index contributed by atoms with van der Waals surface area (Å²) in [5.74, 6) is 0. The van der Waals surface area contributed by atoms with Crippen molar-refractivity contribution in [2.24, 2.45) is 0 Å². The number of alkyl halides is 1. The minimum Gasteiger partial charge on any atom is -0.386 e. The molecule has 0 amide bonds. The maximum absolute atomic E-state index is 9.49. The highest BCUT2D eigenvalue weighted by Gasteiger charge is 2.15. The lowest BCUT2D eigenvalue weighted by Gasteiger charge is -2.10. The van der Waals surface area contributed by atoms with Crippen LogP contribution in [0.15, 0.2) is 30.2 Å². The maximum atomic E-state index is 9.49. The molecule has 0 fully saturated rings. The fraction of sp³-hybridized carbons (Fsp3) is 0.250. The molecule has 0 aromatic carbocycles. The third-order valence-electron chi connectivity index (χ3n) is 1.36. The molecule has 2 atom stereocenters. The van der Waals surface area contributed by atoms with Crippen LogP contribution in [0.5, 0.6) is 0 Å². The van der Waals surface area contributed by atoms with E-state index in [1.807, 2.05) is 17.5 Å². The predicted molar refractivity (Wildman–Crippen MR) is 49.1 cm³/mol. The molecular weight excluding hydrogens is 180 g/mol. The van der Waals surface area contributed by atoms with Crippen LogP contribution in [0.3, 0.4) is 0 Å². The minimum absolute atomic E-state index is 0.395. The van der Waals surface area contributed by atoms with E-state index in [1.165, 1.54) is 17.4 Å². The van der Waals surface area contributed by atoms with Crippen molar-refractivity contribution in [1.29, 1.82) is 0 Å². The van der Waals surface area contributed by atoms with E-state index in [0.717, 1.165) is 4.88 Å². The van der Waals surface area contributed by atoms with Crippen molar-refractivity contribution in [3.63, 3.8) is 0 Å². The van der Waals surface area contributed by atoms with Gasteiger partial charge < -0.3 is 5.11 Å². The molecule has 0 aliphatic heterocycles. The van der Waals surface area contributed by atoms with Crippen molar-refractivity contribution in [2.75, 3.05) is 0 Å². The Labute approximate surface area is 74.9 Å². The molecule has 0 unspecified atom stereocenters. The standard InChI is InChI=1S/C8H9ClOS/c1-2-6(9)8(10)7-4-3-5-11-7/h2-6,8,10H,1H2/t6-,8+/m0/s1. The number of aliphatic hydroxyl groups excluding tert-OH is 1. The number of rotatable bonds is 3. The Hall–Kier alpha value is -0.310. The first kappa shape index (κ1) is 8.78. The molecule has 0 radical (unpaired) electrons. The number of halogens is 1. The highest BCUT2D eigenvalue weighted by atomic mass is 35.5. The van der Waals surface area contributed by atoms with Gasteiger partial charge in [-0.25, -0.2) is 0 Å². The summed E-state index contributed by atoms with van der Waals surface area (Å²) in [7, 11) is 0. The molecule has 11 heavy (non-hydrogen) atoms. The van der Waals surface area contributed by atoms with Crippen molar-refractivity contribution in [3.05, 3.63) is 35.0 Å². The molecule has 1 aromatic rings. The predicted octanol–water partition coefficient (Wildman–Crippen LogP) is 2.57. The molecular formula is C8H9ClOS. The van der Waals surface area contributed by atoms with E-state index in [1.54, 1.807) is 0 Å². The first-order valence-corrected chi connectivity index (χ1v) is 4.55. The van der Waals surface area contributed by atoms with Crippen LogP contribution < -0.4 is 0 Å². The van der Waals surface area contributed by atoms with Crippen molar-refractivity contribution >= 4 is 22.9 Å². The lowest BCUT2D eigenvalue weighted by atomic mass is 10.2. The van der Waals surface area contributed by atoms with Gasteiger partial charge in [0.15, 0.2) is 0 Å². The summed E-state index contributed by atoms with van der Waals surface area (Å²) >= 11 is 7.24. The van der Waals surface area contributed by atoms with E-state index >= 15 is 0 Å². The Balaban J connectivity index is 2.69. The average Bonchev–Trinajstić information content (AvgIpc) is 2.53. The van der Waals surface area contributed by atoms with Crippen molar-refractivity contribution in [2.45, 2.75) is 11.5 Å². The maximum Gasteiger partial charge on any atom is 0.108 e. The van der Waals surface area contributed by atoms with E-state index < -0.39 is 11.5 Å². The quantitative estimate of drug-likeness (QED) is 0.571. The molecule has 0 saturated carbocycles. The van der Waals surface area contributed by atoms with Crippen LogP contribution in [0.4, 0.5) is 0 Å². The van der Waals surface area contributed by atoms with Gasteiger partial charge in [0.25, 0.3) is 0 Å². The normalized spacial score (nSPS) is 15.8. The van der Waals surface area contributed by atoms with Gasteiger partial charge in [0.2, 0.25) is 0 Å². The van der Waals surface area contributed by atoms with E-state index in [0.29, 0.717) is 0 Å². The zero-order valence-electron chi connectivity index (χ0n) is 5.90. The largest absolute Gasteiger partial charge is 0.386 e. The first-order valence-electron chi connectivity index (χ1n) is 3.24. The fourth-order valence-corrected chi connectivity index (χ4v) is 1.71. The van der Waals surface area contributed by atoms with Crippen LogP contribution in [-0.4, -0.2) is 10.5 Å². The molecule has 1 rings (SSSR count). The molecule has 3 heteroatoms. The van der Waals surface area contributed by atoms with Gasteiger partial charge in [-0.2, -0.15) is 0 Å². The van der Waals surface area contributed by atoms with Crippen LogP contribution in [0.1, 0.15) is 11.0 Å². The minimum atomic E-state index is -0.617. The number of hydrogen-bond acceptors (Lipinski definition) is 2. The van der Waals surface area contributed by atoms with Crippen LogP contribution in [-0.2, 0) is 0 Å². The van der Waals surface area contributed by atoms with Crippen molar-refractivity contribution in [3.8, 4) is 0 Å². The van der Waals surface area contributed by atoms with Crippen LogP contribution in [0.2, 0.25) is 0 Å². The second-order valence-corrected chi connectivity index (χ2v) is 3.62. The second-order valence-electron chi connectivity index (χ2n) is 2.14. The Morgan fingerprint density at radius 1 is 1.73 bits per heavy atom. The van der Waals surface area contributed by atoms with Gasteiger partial charge in [0.05, 0.1) is 5.38 Å². The molecule has 1 N–H and O–H groups in total. The Morgan fingerprint density at radius 2 is 2.45 bits per heavy atom. The average molecular weight is 189 g/mol. The Kier molecular flexibility index (Phi) is 3.12. The summed E-state index contributed by atoms with van der Waals surface area (Å²) in [4.78, 5) is 0.880. The third-order valence-corrected chi connectivity index (χ3v) is 2.72. The number of aliphatic hydroxyl groups is 1. The number of thiophene rings is 1. The summed E-state index contributed by atoms with van der Waals surface area (Å²) in [5.41, 5.74) is 0. The SMILES string of the molecule is C=C[C@H](Cl)[C@@H](O)c1cccs1. The van der Waals surface area contributed by atoms with Crippen LogP contribution >= 0.6 is 22.9 Å². The van der Waals surface area contributed by atoms with Crippen molar-refractivity contribution < 1.29 is 5.11 Å². The van der Waals surface area contributed by atoms with Gasteiger partial charge in [0.1, 0.15) is 6.10 Å². The Morgan fingerprint density at radius 3 is 2.91 bits per heavy atom. The van der Waals surface area contributed by atoms with Gasteiger partial charge >= 0.3 is 0 Å². The molecule has 0 saturated heterocycles. The van der Waals surface area contributed by atoms with Gasteiger partial charge in [-0.05, 0) is 11.4 Å². The monoisotopic (exact) mass is 188 g/mol. The molecule has 0 bridgehead atoms. The van der Waals surface area contributed by atoms with Gasteiger partial charge in [-0.3, -0.25) is 0 Å². The molecule has 1 aromatic heterocycles.